The predicted molar refractivity (Wildman–Crippen MR) is 58.9 cm³/mol. The van der Waals surface area contributed by atoms with Crippen molar-refractivity contribution in [2.75, 3.05) is 13.1 Å². The monoisotopic (exact) mass is 221 g/mol. The van der Waals surface area contributed by atoms with Crippen LogP contribution in [0.2, 0.25) is 0 Å². The third kappa shape index (κ3) is 2.73. The highest BCUT2D eigenvalue weighted by Crippen LogP contribution is 2.13. The Labute approximate surface area is 94.4 Å². The van der Waals surface area contributed by atoms with Gasteiger partial charge in [0.2, 0.25) is 0 Å². The fourth-order valence-electron chi connectivity index (χ4n) is 1.72. The van der Waals surface area contributed by atoms with Crippen LogP contribution >= 0.6 is 0 Å². The molecular weight excluding hydrogens is 206 g/mol. The molecule has 0 saturated carbocycles. The molecule has 0 unspecified atom stereocenters. The minimum atomic E-state index is -0.359. The van der Waals surface area contributed by atoms with Gasteiger partial charge in [0.15, 0.2) is 0 Å². The van der Waals surface area contributed by atoms with Crippen LogP contribution in [0.15, 0.2) is 24.3 Å². The minimum absolute atomic E-state index is 0.148. The number of carbonyl (C=O) groups is 1. The highest BCUT2D eigenvalue weighted by molar-refractivity contribution is 5.89. The van der Waals surface area contributed by atoms with Gasteiger partial charge in [0.1, 0.15) is 5.75 Å². The van der Waals surface area contributed by atoms with E-state index in [4.69, 9.17) is 9.94 Å². The summed E-state index contributed by atoms with van der Waals surface area (Å²) in [4.78, 5) is 16.9. The lowest BCUT2D eigenvalue weighted by Crippen LogP contribution is -2.32. The highest BCUT2D eigenvalue weighted by Gasteiger charge is 2.16. The van der Waals surface area contributed by atoms with Crippen LogP contribution in [-0.4, -0.2) is 29.2 Å². The molecule has 0 bridgehead atoms. The molecule has 1 fully saturated rings. The normalized spacial score (nSPS) is 17.0. The number of aromatic hydroxyl groups is 1. The maximum atomic E-state index is 11.7. The van der Waals surface area contributed by atoms with Gasteiger partial charge in [-0.3, -0.25) is 0 Å². The molecule has 1 N–H and O–H groups in total. The van der Waals surface area contributed by atoms with E-state index in [1.54, 1.807) is 17.2 Å². The molecular formula is C12H15NO3. The molecule has 0 amide bonds. The van der Waals surface area contributed by atoms with E-state index in [9.17, 15) is 4.79 Å². The molecule has 0 spiro atoms. The first-order valence-corrected chi connectivity index (χ1v) is 5.52. The van der Waals surface area contributed by atoms with Crippen molar-refractivity contribution in [2.24, 2.45) is 0 Å². The third-order valence-corrected chi connectivity index (χ3v) is 2.63. The molecule has 86 valence electrons. The van der Waals surface area contributed by atoms with Gasteiger partial charge in [0.25, 0.3) is 0 Å². The number of hydrogen-bond acceptors (Lipinski definition) is 4. The van der Waals surface area contributed by atoms with Gasteiger partial charge in [0.05, 0.1) is 5.56 Å². The lowest BCUT2D eigenvalue weighted by Gasteiger charge is -2.24. The van der Waals surface area contributed by atoms with E-state index in [0.717, 1.165) is 25.9 Å². The van der Waals surface area contributed by atoms with Crippen molar-refractivity contribution in [1.29, 1.82) is 0 Å². The number of benzene rings is 1. The van der Waals surface area contributed by atoms with Gasteiger partial charge in [0, 0.05) is 13.1 Å². The fraction of sp³-hybridized carbons (Fsp3) is 0.417. The van der Waals surface area contributed by atoms with Crippen molar-refractivity contribution in [3.05, 3.63) is 29.8 Å². The second-order valence-corrected chi connectivity index (χ2v) is 3.92. The van der Waals surface area contributed by atoms with Crippen LogP contribution in [-0.2, 0) is 4.84 Å². The average Bonchev–Trinajstić information content (AvgIpc) is 2.31. The Morgan fingerprint density at radius 2 is 1.75 bits per heavy atom. The SMILES string of the molecule is O=C(ON1CCCCC1)c1ccc(O)cc1. The van der Waals surface area contributed by atoms with Gasteiger partial charge < -0.3 is 9.94 Å². The molecule has 4 nitrogen and oxygen atoms in total. The summed E-state index contributed by atoms with van der Waals surface area (Å²) in [5, 5.41) is 10.8. The van der Waals surface area contributed by atoms with E-state index in [0.29, 0.717) is 5.56 Å². The lowest BCUT2D eigenvalue weighted by molar-refractivity contribution is -0.119. The first kappa shape index (κ1) is 11.0. The van der Waals surface area contributed by atoms with Gasteiger partial charge in [-0.1, -0.05) is 6.42 Å². The number of nitrogens with zero attached hydrogens (tertiary/aromatic N) is 1. The van der Waals surface area contributed by atoms with Gasteiger partial charge in [-0.25, -0.2) is 4.79 Å². The Kier molecular flexibility index (Phi) is 3.41. The number of rotatable bonds is 2. The Bertz CT molecular complexity index is 355. The summed E-state index contributed by atoms with van der Waals surface area (Å²) in [6.45, 7) is 1.62. The van der Waals surface area contributed by atoms with E-state index in [1.807, 2.05) is 0 Å². The number of phenols is 1. The Hall–Kier alpha value is -1.55. The molecule has 16 heavy (non-hydrogen) atoms. The summed E-state index contributed by atoms with van der Waals surface area (Å²) in [6, 6.07) is 6.07. The zero-order valence-corrected chi connectivity index (χ0v) is 9.06. The van der Waals surface area contributed by atoms with Gasteiger partial charge in [-0.2, -0.15) is 0 Å². The van der Waals surface area contributed by atoms with E-state index in [1.165, 1.54) is 18.6 Å². The molecule has 4 heteroatoms. The zero-order valence-electron chi connectivity index (χ0n) is 9.06. The number of hydroxylamine groups is 2. The first-order chi connectivity index (χ1) is 7.75. The van der Waals surface area contributed by atoms with Crippen molar-refractivity contribution in [1.82, 2.24) is 5.06 Å². The smallest absolute Gasteiger partial charge is 0.357 e. The van der Waals surface area contributed by atoms with E-state index in [2.05, 4.69) is 0 Å². The van der Waals surface area contributed by atoms with Crippen molar-refractivity contribution in [3.8, 4) is 5.75 Å². The van der Waals surface area contributed by atoms with E-state index >= 15 is 0 Å². The predicted octanol–water partition coefficient (Wildman–Crippen LogP) is 1.95. The van der Waals surface area contributed by atoms with Gasteiger partial charge in [-0.15, -0.1) is 5.06 Å². The van der Waals surface area contributed by atoms with Crippen LogP contribution in [0.1, 0.15) is 29.6 Å². The second kappa shape index (κ2) is 4.99. The van der Waals surface area contributed by atoms with Crippen LogP contribution in [0, 0.1) is 0 Å². The van der Waals surface area contributed by atoms with Gasteiger partial charge in [-0.05, 0) is 37.1 Å². The van der Waals surface area contributed by atoms with Gasteiger partial charge >= 0.3 is 5.97 Å². The Morgan fingerprint density at radius 3 is 2.38 bits per heavy atom. The molecule has 1 heterocycles. The van der Waals surface area contributed by atoms with Crippen molar-refractivity contribution >= 4 is 5.97 Å². The number of piperidine rings is 1. The maximum absolute atomic E-state index is 11.7. The number of hydrogen-bond donors (Lipinski definition) is 1. The Balaban J connectivity index is 1.94. The summed E-state index contributed by atoms with van der Waals surface area (Å²) in [7, 11) is 0. The molecule has 0 aliphatic carbocycles. The molecule has 1 aliphatic rings. The molecule has 2 rings (SSSR count). The van der Waals surface area contributed by atoms with Crippen LogP contribution in [0.5, 0.6) is 5.75 Å². The summed E-state index contributed by atoms with van der Waals surface area (Å²) >= 11 is 0. The summed E-state index contributed by atoms with van der Waals surface area (Å²) in [5.41, 5.74) is 0.461. The molecule has 1 aliphatic heterocycles. The second-order valence-electron chi connectivity index (χ2n) is 3.92. The third-order valence-electron chi connectivity index (χ3n) is 2.63. The van der Waals surface area contributed by atoms with Crippen LogP contribution in [0.4, 0.5) is 0 Å². The Morgan fingerprint density at radius 1 is 1.12 bits per heavy atom. The van der Waals surface area contributed by atoms with Crippen LogP contribution in [0.25, 0.3) is 0 Å². The standard InChI is InChI=1S/C12H15NO3/c14-11-6-4-10(5-7-11)12(15)16-13-8-2-1-3-9-13/h4-7,14H,1-3,8-9H2. The molecule has 1 saturated heterocycles. The summed E-state index contributed by atoms with van der Waals surface area (Å²) in [5.74, 6) is -0.212. The molecule has 0 radical (unpaired) electrons. The van der Waals surface area contributed by atoms with Crippen LogP contribution in [0.3, 0.4) is 0 Å². The van der Waals surface area contributed by atoms with Crippen molar-refractivity contribution in [2.45, 2.75) is 19.3 Å². The highest BCUT2D eigenvalue weighted by atomic mass is 16.7. The lowest BCUT2D eigenvalue weighted by atomic mass is 10.2. The minimum Gasteiger partial charge on any atom is -0.508 e. The fourth-order valence-corrected chi connectivity index (χ4v) is 1.72. The van der Waals surface area contributed by atoms with Crippen molar-refractivity contribution < 1.29 is 14.7 Å². The van der Waals surface area contributed by atoms with Crippen LogP contribution < -0.4 is 0 Å². The zero-order chi connectivity index (χ0) is 11.4. The first-order valence-electron chi connectivity index (χ1n) is 5.52. The quantitative estimate of drug-likeness (QED) is 0.829. The summed E-state index contributed by atoms with van der Waals surface area (Å²) in [6.07, 6.45) is 3.35. The molecule has 1 aromatic carbocycles. The molecule has 0 atom stereocenters. The largest absolute Gasteiger partial charge is 0.508 e. The summed E-state index contributed by atoms with van der Waals surface area (Å²) < 4.78 is 0. The van der Waals surface area contributed by atoms with E-state index < -0.39 is 0 Å². The van der Waals surface area contributed by atoms with E-state index in [-0.39, 0.29) is 11.7 Å². The molecule has 1 aromatic rings. The molecule has 0 aromatic heterocycles. The average molecular weight is 221 g/mol. The topological polar surface area (TPSA) is 49.8 Å². The number of phenolic OH excluding ortho intramolecular Hbond substituents is 1. The maximum Gasteiger partial charge on any atom is 0.357 e. The number of carbonyl (C=O) groups excluding carboxylic acids is 1. The van der Waals surface area contributed by atoms with Crippen molar-refractivity contribution in [3.63, 3.8) is 0 Å².